The van der Waals surface area contributed by atoms with Crippen LogP contribution in [0.5, 0.6) is 11.5 Å². The highest BCUT2D eigenvalue weighted by Crippen LogP contribution is 2.37. The molecular formula is C11H13NO2. The highest BCUT2D eigenvalue weighted by molar-refractivity contribution is 5.62. The zero-order valence-corrected chi connectivity index (χ0v) is 8.12. The highest BCUT2D eigenvalue weighted by atomic mass is 16.7. The van der Waals surface area contributed by atoms with Gasteiger partial charge in [-0.05, 0) is 18.6 Å². The van der Waals surface area contributed by atoms with E-state index in [0.29, 0.717) is 13.3 Å². The van der Waals surface area contributed by atoms with E-state index in [9.17, 15) is 0 Å². The fraction of sp³-hybridized carbons (Fsp3) is 0.273. The van der Waals surface area contributed by atoms with Crippen LogP contribution in [0.4, 0.5) is 0 Å². The minimum absolute atomic E-state index is 0.320. The Labute approximate surface area is 83.1 Å². The van der Waals surface area contributed by atoms with Crippen molar-refractivity contribution in [2.24, 2.45) is 5.73 Å². The normalized spacial score (nSPS) is 13.9. The molecule has 0 spiro atoms. The van der Waals surface area contributed by atoms with Crippen molar-refractivity contribution in [3.8, 4) is 11.5 Å². The Bertz CT molecular complexity index is 372. The van der Waals surface area contributed by atoms with E-state index in [0.717, 1.165) is 22.6 Å². The van der Waals surface area contributed by atoms with Gasteiger partial charge < -0.3 is 15.2 Å². The van der Waals surface area contributed by atoms with Gasteiger partial charge >= 0.3 is 0 Å². The Morgan fingerprint density at radius 1 is 1.43 bits per heavy atom. The lowest BCUT2D eigenvalue weighted by molar-refractivity contribution is 0.173. The largest absolute Gasteiger partial charge is 0.454 e. The van der Waals surface area contributed by atoms with Gasteiger partial charge in [-0.3, -0.25) is 0 Å². The first-order valence-corrected chi connectivity index (χ1v) is 4.58. The summed E-state index contributed by atoms with van der Waals surface area (Å²) in [6.07, 6.45) is 3.92. The van der Waals surface area contributed by atoms with E-state index in [1.807, 2.05) is 31.2 Å². The first-order valence-electron chi connectivity index (χ1n) is 4.58. The number of benzene rings is 1. The molecule has 1 aliphatic rings. The minimum Gasteiger partial charge on any atom is -0.454 e. The Balaban J connectivity index is 2.39. The summed E-state index contributed by atoms with van der Waals surface area (Å²) in [4.78, 5) is 0. The molecule has 2 N–H and O–H groups in total. The number of nitrogens with two attached hydrogens (primary N) is 1. The van der Waals surface area contributed by atoms with Crippen LogP contribution in [0.1, 0.15) is 11.1 Å². The molecular weight excluding hydrogens is 178 g/mol. The maximum absolute atomic E-state index is 5.40. The standard InChI is InChI=1S/C11H13NO2/c1-8-9(3-2-6-12)4-5-10-11(8)14-7-13-10/h2-5H,6-7,12H2,1H3/b3-2+. The number of rotatable bonds is 2. The van der Waals surface area contributed by atoms with Gasteiger partial charge in [0.05, 0.1) is 0 Å². The number of hydrogen-bond acceptors (Lipinski definition) is 3. The van der Waals surface area contributed by atoms with Crippen molar-refractivity contribution in [2.45, 2.75) is 6.92 Å². The number of fused-ring (bicyclic) bond motifs is 1. The van der Waals surface area contributed by atoms with Crippen molar-refractivity contribution >= 4 is 6.08 Å². The molecule has 3 nitrogen and oxygen atoms in total. The highest BCUT2D eigenvalue weighted by Gasteiger charge is 2.16. The fourth-order valence-electron chi connectivity index (χ4n) is 1.50. The van der Waals surface area contributed by atoms with Crippen LogP contribution < -0.4 is 15.2 Å². The summed E-state index contributed by atoms with van der Waals surface area (Å²) in [5.74, 6) is 1.68. The zero-order valence-electron chi connectivity index (χ0n) is 8.12. The summed E-state index contributed by atoms with van der Waals surface area (Å²) < 4.78 is 10.6. The first-order chi connectivity index (χ1) is 6.83. The molecule has 0 saturated carbocycles. The third-order valence-corrected chi connectivity index (χ3v) is 2.26. The van der Waals surface area contributed by atoms with Gasteiger partial charge in [0.2, 0.25) is 6.79 Å². The van der Waals surface area contributed by atoms with Crippen LogP contribution in [0.3, 0.4) is 0 Å². The van der Waals surface area contributed by atoms with Crippen molar-refractivity contribution < 1.29 is 9.47 Å². The van der Waals surface area contributed by atoms with Gasteiger partial charge in [0.15, 0.2) is 11.5 Å². The van der Waals surface area contributed by atoms with Crippen molar-refractivity contribution in [1.29, 1.82) is 0 Å². The molecule has 0 aromatic heterocycles. The summed E-state index contributed by atoms with van der Waals surface area (Å²) in [7, 11) is 0. The van der Waals surface area contributed by atoms with Crippen molar-refractivity contribution in [2.75, 3.05) is 13.3 Å². The molecule has 0 bridgehead atoms. The van der Waals surface area contributed by atoms with Gasteiger partial charge in [0.1, 0.15) is 0 Å². The van der Waals surface area contributed by atoms with Crippen molar-refractivity contribution in [1.82, 2.24) is 0 Å². The first kappa shape index (κ1) is 9.09. The average molecular weight is 191 g/mol. The van der Waals surface area contributed by atoms with Gasteiger partial charge in [-0.25, -0.2) is 0 Å². The second-order valence-electron chi connectivity index (χ2n) is 3.15. The van der Waals surface area contributed by atoms with E-state index < -0.39 is 0 Å². The maximum Gasteiger partial charge on any atom is 0.231 e. The van der Waals surface area contributed by atoms with E-state index in [2.05, 4.69) is 0 Å². The monoisotopic (exact) mass is 191 g/mol. The second-order valence-corrected chi connectivity index (χ2v) is 3.15. The molecule has 0 amide bonds. The Hall–Kier alpha value is -1.48. The van der Waals surface area contributed by atoms with Crippen LogP contribution in [0.25, 0.3) is 6.08 Å². The van der Waals surface area contributed by atoms with E-state index >= 15 is 0 Å². The van der Waals surface area contributed by atoms with Crippen LogP contribution in [0, 0.1) is 6.92 Å². The summed E-state index contributed by atoms with van der Waals surface area (Å²) in [5.41, 5.74) is 7.62. The quantitative estimate of drug-likeness (QED) is 0.773. The van der Waals surface area contributed by atoms with E-state index in [1.54, 1.807) is 0 Å². The van der Waals surface area contributed by atoms with Crippen LogP contribution >= 0.6 is 0 Å². The lowest BCUT2D eigenvalue weighted by atomic mass is 10.1. The maximum atomic E-state index is 5.40. The van der Waals surface area contributed by atoms with Crippen LogP contribution in [-0.2, 0) is 0 Å². The van der Waals surface area contributed by atoms with E-state index in [-0.39, 0.29) is 0 Å². The number of ether oxygens (including phenoxy) is 2. The summed E-state index contributed by atoms with van der Waals surface area (Å²) in [5, 5.41) is 0. The summed E-state index contributed by atoms with van der Waals surface area (Å²) in [6.45, 7) is 2.89. The SMILES string of the molecule is Cc1c(/C=C/CN)ccc2c1OCO2. The second kappa shape index (κ2) is 3.72. The summed E-state index contributed by atoms with van der Waals surface area (Å²) in [6, 6.07) is 3.93. The Kier molecular flexibility index (Phi) is 2.41. The van der Waals surface area contributed by atoms with Gasteiger partial charge in [0.25, 0.3) is 0 Å². The smallest absolute Gasteiger partial charge is 0.231 e. The minimum atomic E-state index is 0.320. The number of hydrogen-bond donors (Lipinski definition) is 1. The topological polar surface area (TPSA) is 44.5 Å². The molecule has 0 unspecified atom stereocenters. The molecule has 74 valence electrons. The molecule has 3 heteroatoms. The third kappa shape index (κ3) is 1.46. The fourth-order valence-corrected chi connectivity index (χ4v) is 1.50. The van der Waals surface area contributed by atoms with Gasteiger partial charge in [-0.1, -0.05) is 18.2 Å². The molecule has 0 atom stereocenters. The lowest BCUT2D eigenvalue weighted by Crippen LogP contribution is -1.94. The van der Waals surface area contributed by atoms with E-state index in [4.69, 9.17) is 15.2 Å². The van der Waals surface area contributed by atoms with Gasteiger partial charge in [-0.15, -0.1) is 0 Å². The van der Waals surface area contributed by atoms with Gasteiger partial charge in [0, 0.05) is 12.1 Å². The molecule has 1 aliphatic heterocycles. The summed E-state index contributed by atoms with van der Waals surface area (Å²) >= 11 is 0. The predicted octanol–water partition coefficient (Wildman–Crippen LogP) is 1.70. The Morgan fingerprint density at radius 2 is 2.29 bits per heavy atom. The van der Waals surface area contributed by atoms with Crippen LogP contribution in [0.2, 0.25) is 0 Å². The predicted molar refractivity (Wildman–Crippen MR) is 55.4 cm³/mol. The lowest BCUT2D eigenvalue weighted by Gasteiger charge is -2.04. The third-order valence-electron chi connectivity index (χ3n) is 2.26. The zero-order chi connectivity index (χ0) is 9.97. The van der Waals surface area contributed by atoms with Crippen molar-refractivity contribution in [3.63, 3.8) is 0 Å². The van der Waals surface area contributed by atoms with Crippen LogP contribution in [-0.4, -0.2) is 13.3 Å². The molecule has 0 fully saturated rings. The van der Waals surface area contributed by atoms with Crippen LogP contribution in [0.15, 0.2) is 18.2 Å². The molecule has 0 saturated heterocycles. The molecule has 0 radical (unpaired) electrons. The molecule has 1 heterocycles. The van der Waals surface area contributed by atoms with E-state index in [1.165, 1.54) is 0 Å². The molecule has 0 aliphatic carbocycles. The van der Waals surface area contributed by atoms with Gasteiger partial charge in [-0.2, -0.15) is 0 Å². The molecule has 1 aromatic rings. The average Bonchev–Trinajstić information content (AvgIpc) is 2.66. The Morgan fingerprint density at radius 3 is 3.07 bits per heavy atom. The molecule has 14 heavy (non-hydrogen) atoms. The molecule has 1 aromatic carbocycles. The molecule has 2 rings (SSSR count). The van der Waals surface area contributed by atoms with Crippen molar-refractivity contribution in [3.05, 3.63) is 29.3 Å².